The molecule has 0 spiro atoms. The van der Waals surface area contributed by atoms with Crippen molar-refractivity contribution in [1.29, 1.82) is 0 Å². The summed E-state index contributed by atoms with van der Waals surface area (Å²) < 4.78 is 5.94. The number of benzene rings is 1. The normalized spacial score (nSPS) is 22.9. The van der Waals surface area contributed by atoms with Crippen molar-refractivity contribution in [2.45, 2.75) is 57.8 Å². The van der Waals surface area contributed by atoms with Gasteiger partial charge in [-0.1, -0.05) is 43.7 Å². The Labute approximate surface area is 128 Å². The van der Waals surface area contributed by atoms with Crippen molar-refractivity contribution in [2.75, 3.05) is 19.7 Å². The van der Waals surface area contributed by atoms with Gasteiger partial charge in [0.25, 0.3) is 0 Å². The van der Waals surface area contributed by atoms with Gasteiger partial charge in [0.1, 0.15) is 0 Å². The van der Waals surface area contributed by atoms with Crippen molar-refractivity contribution < 1.29 is 9.84 Å². The first-order valence-corrected chi connectivity index (χ1v) is 8.29. The molecule has 0 radical (unpaired) electrons. The third kappa shape index (κ3) is 5.10. The van der Waals surface area contributed by atoms with Gasteiger partial charge in [0.2, 0.25) is 0 Å². The lowest BCUT2D eigenvalue weighted by Gasteiger charge is -2.34. The second-order valence-electron chi connectivity index (χ2n) is 6.13. The first-order chi connectivity index (χ1) is 10.2. The molecular weight excluding hydrogens is 262 g/mol. The standard InChI is InChI=1S/C18H29NO2/c1-3-18(16-10-5-4-6-11-16)21-14-17(20)13-19-12-8-7-9-15(19)2/h4-6,10-11,15,17-18,20H,3,7-9,12-14H2,1-2H3/t15-,17+,18-/m0/s1. The largest absolute Gasteiger partial charge is 0.389 e. The molecule has 1 saturated heterocycles. The smallest absolute Gasteiger partial charge is 0.0900 e. The van der Waals surface area contributed by atoms with Gasteiger partial charge < -0.3 is 9.84 Å². The zero-order valence-electron chi connectivity index (χ0n) is 13.4. The van der Waals surface area contributed by atoms with Crippen LogP contribution < -0.4 is 0 Å². The first-order valence-electron chi connectivity index (χ1n) is 8.29. The van der Waals surface area contributed by atoms with Gasteiger partial charge in [-0.3, -0.25) is 4.90 Å². The van der Waals surface area contributed by atoms with Crippen LogP contribution in [0.25, 0.3) is 0 Å². The van der Waals surface area contributed by atoms with E-state index in [1.807, 2.05) is 18.2 Å². The van der Waals surface area contributed by atoms with Gasteiger partial charge in [-0.2, -0.15) is 0 Å². The number of piperidine rings is 1. The van der Waals surface area contributed by atoms with E-state index >= 15 is 0 Å². The third-order valence-electron chi connectivity index (χ3n) is 4.42. The zero-order valence-corrected chi connectivity index (χ0v) is 13.4. The highest BCUT2D eigenvalue weighted by atomic mass is 16.5. The Balaban J connectivity index is 1.78. The van der Waals surface area contributed by atoms with Gasteiger partial charge in [0, 0.05) is 12.6 Å². The number of nitrogens with zero attached hydrogens (tertiary/aromatic N) is 1. The lowest BCUT2D eigenvalue weighted by atomic mass is 10.0. The second-order valence-corrected chi connectivity index (χ2v) is 6.13. The van der Waals surface area contributed by atoms with E-state index < -0.39 is 6.10 Å². The van der Waals surface area contributed by atoms with E-state index in [-0.39, 0.29) is 6.10 Å². The lowest BCUT2D eigenvalue weighted by molar-refractivity contribution is -0.0303. The van der Waals surface area contributed by atoms with Gasteiger partial charge in [-0.25, -0.2) is 0 Å². The monoisotopic (exact) mass is 291 g/mol. The van der Waals surface area contributed by atoms with Crippen LogP contribution in [0.1, 0.15) is 51.2 Å². The number of aliphatic hydroxyl groups is 1. The van der Waals surface area contributed by atoms with Crippen LogP contribution in [0, 0.1) is 0 Å². The SMILES string of the molecule is CC[C@H](OC[C@H](O)CN1CCCC[C@@H]1C)c1ccccc1. The highest BCUT2D eigenvalue weighted by Crippen LogP contribution is 2.21. The summed E-state index contributed by atoms with van der Waals surface area (Å²) in [5, 5.41) is 10.2. The van der Waals surface area contributed by atoms with Gasteiger partial charge in [0.05, 0.1) is 18.8 Å². The van der Waals surface area contributed by atoms with Crippen molar-refractivity contribution in [3.05, 3.63) is 35.9 Å². The maximum absolute atomic E-state index is 10.2. The molecule has 0 aliphatic carbocycles. The molecule has 2 rings (SSSR count). The Bertz CT molecular complexity index is 395. The topological polar surface area (TPSA) is 32.7 Å². The summed E-state index contributed by atoms with van der Waals surface area (Å²) in [6, 6.07) is 10.9. The minimum atomic E-state index is -0.400. The van der Waals surface area contributed by atoms with Gasteiger partial charge in [-0.15, -0.1) is 0 Å². The van der Waals surface area contributed by atoms with E-state index in [4.69, 9.17) is 4.74 Å². The maximum atomic E-state index is 10.2. The predicted octanol–water partition coefficient (Wildman–Crippen LogP) is 3.39. The van der Waals surface area contributed by atoms with E-state index in [2.05, 4.69) is 30.9 Å². The minimum Gasteiger partial charge on any atom is -0.389 e. The zero-order chi connectivity index (χ0) is 15.1. The summed E-state index contributed by atoms with van der Waals surface area (Å²) in [5.41, 5.74) is 1.19. The molecule has 1 aromatic carbocycles. The number of hydrogen-bond donors (Lipinski definition) is 1. The van der Waals surface area contributed by atoms with Crippen LogP contribution in [0.2, 0.25) is 0 Å². The molecule has 3 nitrogen and oxygen atoms in total. The van der Waals surface area contributed by atoms with Crippen LogP contribution in [0.5, 0.6) is 0 Å². The van der Waals surface area contributed by atoms with E-state index in [0.717, 1.165) is 19.5 Å². The fourth-order valence-corrected chi connectivity index (χ4v) is 3.10. The van der Waals surface area contributed by atoms with E-state index in [1.165, 1.54) is 24.8 Å². The molecule has 1 aliphatic heterocycles. The van der Waals surface area contributed by atoms with Gasteiger partial charge >= 0.3 is 0 Å². The van der Waals surface area contributed by atoms with Crippen molar-refractivity contribution in [3.63, 3.8) is 0 Å². The average molecular weight is 291 g/mol. The Morgan fingerprint density at radius 2 is 2.05 bits per heavy atom. The number of β-amino-alcohol motifs (C(OH)–C–C–N with tert-alkyl or cyclic N) is 1. The van der Waals surface area contributed by atoms with Gasteiger partial charge in [0.15, 0.2) is 0 Å². The van der Waals surface area contributed by atoms with Crippen molar-refractivity contribution >= 4 is 0 Å². The molecular formula is C18H29NO2. The molecule has 1 aliphatic rings. The summed E-state index contributed by atoms with van der Waals surface area (Å²) >= 11 is 0. The number of ether oxygens (including phenoxy) is 1. The quantitative estimate of drug-likeness (QED) is 0.836. The number of rotatable bonds is 7. The highest BCUT2D eigenvalue weighted by Gasteiger charge is 2.21. The Morgan fingerprint density at radius 1 is 1.29 bits per heavy atom. The predicted molar refractivity (Wildman–Crippen MR) is 86.3 cm³/mol. The summed E-state index contributed by atoms with van der Waals surface area (Å²) in [5.74, 6) is 0. The Kier molecular flexibility index (Phi) is 6.68. The third-order valence-corrected chi connectivity index (χ3v) is 4.42. The summed E-state index contributed by atoms with van der Waals surface area (Å²) in [4.78, 5) is 2.39. The van der Waals surface area contributed by atoms with E-state index in [9.17, 15) is 5.11 Å². The van der Waals surface area contributed by atoms with E-state index in [0.29, 0.717) is 12.6 Å². The molecule has 1 aromatic rings. The first kappa shape index (κ1) is 16.5. The Morgan fingerprint density at radius 3 is 2.71 bits per heavy atom. The highest BCUT2D eigenvalue weighted by molar-refractivity contribution is 5.17. The molecule has 1 fully saturated rings. The molecule has 0 unspecified atom stereocenters. The fourth-order valence-electron chi connectivity index (χ4n) is 3.10. The van der Waals surface area contributed by atoms with Crippen LogP contribution in [0.4, 0.5) is 0 Å². The van der Waals surface area contributed by atoms with Crippen LogP contribution in [-0.2, 0) is 4.74 Å². The summed E-state index contributed by atoms with van der Waals surface area (Å²) in [6.45, 7) is 6.62. The summed E-state index contributed by atoms with van der Waals surface area (Å²) in [6.07, 6.45) is 4.42. The number of hydrogen-bond acceptors (Lipinski definition) is 3. The molecule has 1 N–H and O–H groups in total. The van der Waals surface area contributed by atoms with Crippen LogP contribution >= 0.6 is 0 Å². The molecule has 0 saturated carbocycles. The molecule has 0 amide bonds. The molecule has 3 heteroatoms. The van der Waals surface area contributed by atoms with Crippen molar-refractivity contribution in [3.8, 4) is 0 Å². The van der Waals surface area contributed by atoms with E-state index in [1.54, 1.807) is 0 Å². The molecule has 1 heterocycles. The van der Waals surface area contributed by atoms with Crippen molar-refractivity contribution in [1.82, 2.24) is 4.90 Å². The molecule has 0 bridgehead atoms. The van der Waals surface area contributed by atoms with Crippen LogP contribution in [0.15, 0.2) is 30.3 Å². The van der Waals surface area contributed by atoms with Crippen LogP contribution in [0.3, 0.4) is 0 Å². The number of aliphatic hydroxyl groups excluding tert-OH is 1. The molecule has 3 atom stereocenters. The number of likely N-dealkylation sites (tertiary alicyclic amines) is 1. The second kappa shape index (κ2) is 8.52. The minimum absolute atomic E-state index is 0.0830. The lowest BCUT2D eigenvalue weighted by Crippen LogP contribution is -2.43. The molecule has 118 valence electrons. The Hall–Kier alpha value is -0.900. The van der Waals surface area contributed by atoms with Gasteiger partial charge in [-0.05, 0) is 38.3 Å². The maximum Gasteiger partial charge on any atom is 0.0900 e. The molecule has 21 heavy (non-hydrogen) atoms. The molecule has 0 aromatic heterocycles. The average Bonchev–Trinajstić information content (AvgIpc) is 2.51. The summed E-state index contributed by atoms with van der Waals surface area (Å²) in [7, 11) is 0. The van der Waals surface area contributed by atoms with Crippen molar-refractivity contribution in [2.24, 2.45) is 0 Å². The fraction of sp³-hybridized carbons (Fsp3) is 0.667. The van der Waals surface area contributed by atoms with Crippen LogP contribution in [-0.4, -0.2) is 41.8 Å².